The van der Waals surface area contributed by atoms with Crippen molar-refractivity contribution < 1.29 is 14.3 Å². The number of aryl methyl sites for hydroxylation is 1. The summed E-state index contributed by atoms with van der Waals surface area (Å²) in [4.78, 5) is 17.1. The highest BCUT2D eigenvalue weighted by molar-refractivity contribution is 7.99. The third kappa shape index (κ3) is 4.75. The lowest BCUT2D eigenvalue weighted by molar-refractivity contribution is -0.115. The van der Waals surface area contributed by atoms with Crippen LogP contribution in [0.4, 0.5) is 5.95 Å². The zero-order valence-corrected chi connectivity index (χ0v) is 20.6. The summed E-state index contributed by atoms with van der Waals surface area (Å²) in [6, 6.07) is 13.2. The lowest BCUT2D eigenvalue weighted by atomic mass is 9.95. The van der Waals surface area contributed by atoms with Gasteiger partial charge in [-0.05, 0) is 49.1 Å². The van der Waals surface area contributed by atoms with Gasteiger partial charge >= 0.3 is 0 Å². The fourth-order valence-corrected chi connectivity index (χ4v) is 4.60. The first-order valence-electron chi connectivity index (χ1n) is 11.1. The zero-order chi connectivity index (χ0) is 24.2. The number of thioether (sulfide) groups is 1. The number of hydrogen-bond acceptors (Lipinski definition) is 7. The number of hydrogen-bond donors (Lipinski definition) is 2. The fourth-order valence-electron chi connectivity index (χ4n) is 3.91. The molecular weight excluding hydrogens is 450 g/mol. The number of ether oxygens (including phenoxy) is 2. The maximum atomic E-state index is 12.5. The van der Waals surface area contributed by atoms with Crippen molar-refractivity contribution in [3.63, 3.8) is 0 Å². The van der Waals surface area contributed by atoms with Crippen molar-refractivity contribution in [2.75, 3.05) is 18.2 Å². The van der Waals surface area contributed by atoms with Crippen LogP contribution in [0.3, 0.4) is 0 Å². The van der Waals surface area contributed by atoms with Crippen LogP contribution in [0.2, 0.25) is 0 Å². The number of nitrogens with two attached hydrogens (primary N) is 1. The molecule has 0 bridgehead atoms. The molecule has 1 aliphatic heterocycles. The highest BCUT2D eigenvalue weighted by atomic mass is 32.2. The third-order valence-corrected chi connectivity index (χ3v) is 6.73. The van der Waals surface area contributed by atoms with Gasteiger partial charge in [-0.2, -0.15) is 4.98 Å². The van der Waals surface area contributed by atoms with E-state index in [4.69, 9.17) is 15.2 Å². The maximum Gasteiger partial charge on any atom is 0.248 e. The number of nitrogens with one attached hydrogen (secondary N) is 1. The van der Waals surface area contributed by atoms with Crippen LogP contribution in [-0.2, 0) is 11.4 Å². The molecule has 178 valence electrons. The van der Waals surface area contributed by atoms with Gasteiger partial charge in [0.1, 0.15) is 12.6 Å². The molecule has 0 saturated carbocycles. The summed E-state index contributed by atoms with van der Waals surface area (Å²) in [5.74, 6) is 2.14. The van der Waals surface area contributed by atoms with Gasteiger partial charge in [-0.3, -0.25) is 4.79 Å². The van der Waals surface area contributed by atoms with Crippen molar-refractivity contribution in [1.82, 2.24) is 14.8 Å². The van der Waals surface area contributed by atoms with Crippen molar-refractivity contribution in [3.8, 4) is 11.5 Å². The molecule has 9 heteroatoms. The Labute approximate surface area is 203 Å². The Morgan fingerprint density at radius 2 is 2.00 bits per heavy atom. The van der Waals surface area contributed by atoms with Crippen LogP contribution in [0, 0.1) is 6.92 Å². The Bertz CT molecular complexity index is 1240. The standard InChI is InChI=1S/C25H29N5O3S/c1-5-12-34-25-28-24-27-16(3)21(23(26)31)22(30(24)29-25)17-10-11-19(20(13-17)32-4)33-14-18-9-7-6-8-15(18)2/h6-11,13,22H,5,12,14H2,1-4H3,(H2,26,31)(H,27,28,29). The van der Waals surface area contributed by atoms with Crippen LogP contribution in [0.25, 0.3) is 0 Å². The Morgan fingerprint density at radius 3 is 2.71 bits per heavy atom. The van der Waals surface area contributed by atoms with Gasteiger partial charge in [0.25, 0.3) is 0 Å². The molecule has 0 fully saturated rings. The number of allylic oxidation sites excluding steroid dienone is 1. The van der Waals surface area contributed by atoms with Crippen LogP contribution in [0.15, 0.2) is 58.9 Å². The van der Waals surface area contributed by atoms with Gasteiger partial charge in [0.15, 0.2) is 11.5 Å². The van der Waals surface area contributed by atoms with E-state index in [0.29, 0.717) is 40.5 Å². The monoisotopic (exact) mass is 479 g/mol. The summed E-state index contributed by atoms with van der Waals surface area (Å²) in [5, 5.41) is 8.49. The first-order chi connectivity index (χ1) is 16.4. The number of aromatic nitrogens is 3. The van der Waals surface area contributed by atoms with Gasteiger partial charge in [0.05, 0.1) is 12.7 Å². The van der Waals surface area contributed by atoms with E-state index in [1.807, 2.05) is 43.3 Å². The van der Waals surface area contributed by atoms with Gasteiger partial charge in [-0.25, -0.2) is 4.68 Å². The second-order valence-corrected chi connectivity index (χ2v) is 9.13. The van der Waals surface area contributed by atoms with Gasteiger partial charge in [0.2, 0.25) is 17.0 Å². The highest BCUT2D eigenvalue weighted by Crippen LogP contribution is 2.39. The number of carbonyl (C=O) groups is 1. The summed E-state index contributed by atoms with van der Waals surface area (Å²) in [5.41, 5.74) is 9.95. The summed E-state index contributed by atoms with van der Waals surface area (Å²) >= 11 is 1.58. The highest BCUT2D eigenvalue weighted by Gasteiger charge is 2.33. The minimum Gasteiger partial charge on any atom is -0.493 e. The SMILES string of the molecule is CCCSc1nc2n(n1)C(c1ccc(OCc3ccccc3C)c(OC)c1)C(C(N)=O)=C(C)N2. The molecule has 3 N–H and O–H groups in total. The van der Waals surface area contributed by atoms with Crippen LogP contribution in [0.1, 0.15) is 43.0 Å². The van der Waals surface area contributed by atoms with E-state index >= 15 is 0 Å². The van der Waals surface area contributed by atoms with E-state index in [-0.39, 0.29) is 0 Å². The molecule has 0 radical (unpaired) electrons. The molecule has 1 atom stereocenters. The molecule has 0 saturated heterocycles. The quantitative estimate of drug-likeness (QED) is 0.437. The largest absolute Gasteiger partial charge is 0.493 e. The molecule has 4 rings (SSSR count). The average molecular weight is 480 g/mol. The van der Waals surface area contributed by atoms with Crippen molar-refractivity contribution in [2.24, 2.45) is 5.73 Å². The number of primary amides is 1. The lowest BCUT2D eigenvalue weighted by Crippen LogP contribution is -2.31. The van der Waals surface area contributed by atoms with E-state index in [0.717, 1.165) is 28.9 Å². The second kappa shape index (κ2) is 10.2. The number of carbonyl (C=O) groups excluding carboxylic acids is 1. The van der Waals surface area contributed by atoms with Gasteiger partial charge < -0.3 is 20.5 Å². The van der Waals surface area contributed by atoms with E-state index in [1.54, 1.807) is 23.6 Å². The summed E-state index contributed by atoms with van der Waals surface area (Å²) in [6.07, 6.45) is 1.01. The molecule has 2 aromatic carbocycles. The number of nitrogens with zero attached hydrogens (tertiary/aromatic N) is 3. The van der Waals surface area contributed by atoms with E-state index in [9.17, 15) is 4.79 Å². The summed E-state index contributed by atoms with van der Waals surface area (Å²) in [7, 11) is 1.60. The first kappa shape index (κ1) is 23.7. The molecule has 34 heavy (non-hydrogen) atoms. The predicted molar refractivity (Wildman–Crippen MR) is 133 cm³/mol. The van der Waals surface area contributed by atoms with Gasteiger partial charge in [0, 0.05) is 11.4 Å². The number of fused-ring (bicyclic) bond motifs is 1. The molecule has 0 spiro atoms. The molecule has 1 unspecified atom stereocenters. The maximum absolute atomic E-state index is 12.5. The number of methoxy groups -OCH3 is 1. The summed E-state index contributed by atoms with van der Waals surface area (Å²) < 4.78 is 13.4. The van der Waals surface area contributed by atoms with Gasteiger partial charge in [-0.15, -0.1) is 5.10 Å². The van der Waals surface area contributed by atoms with Crippen molar-refractivity contribution in [2.45, 2.75) is 45.0 Å². The first-order valence-corrected chi connectivity index (χ1v) is 12.1. The van der Waals surface area contributed by atoms with Crippen LogP contribution in [0.5, 0.6) is 11.5 Å². The smallest absolute Gasteiger partial charge is 0.248 e. The molecule has 3 aromatic rings. The van der Waals surface area contributed by atoms with E-state index < -0.39 is 11.9 Å². The molecule has 1 amide bonds. The molecule has 8 nitrogen and oxygen atoms in total. The third-order valence-electron chi connectivity index (χ3n) is 5.68. The minimum atomic E-state index is -0.531. The average Bonchev–Trinajstić information content (AvgIpc) is 3.23. The normalized spacial score (nSPS) is 15.0. The van der Waals surface area contributed by atoms with Crippen LogP contribution < -0.4 is 20.5 Å². The Morgan fingerprint density at radius 1 is 1.21 bits per heavy atom. The number of amides is 1. The Hall–Kier alpha value is -3.46. The number of benzene rings is 2. The van der Waals surface area contributed by atoms with Gasteiger partial charge in [-0.1, -0.05) is 49.0 Å². The Balaban J connectivity index is 1.69. The lowest BCUT2D eigenvalue weighted by Gasteiger charge is -2.28. The molecular formula is C25H29N5O3S. The van der Waals surface area contributed by atoms with Crippen LogP contribution in [-0.4, -0.2) is 33.5 Å². The van der Waals surface area contributed by atoms with Crippen molar-refractivity contribution >= 4 is 23.6 Å². The zero-order valence-electron chi connectivity index (χ0n) is 19.8. The number of rotatable bonds is 9. The topological polar surface area (TPSA) is 104 Å². The number of anilines is 1. The molecule has 0 aliphatic carbocycles. The van der Waals surface area contributed by atoms with Crippen LogP contribution >= 0.6 is 11.8 Å². The van der Waals surface area contributed by atoms with E-state index in [1.165, 1.54) is 0 Å². The van der Waals surface area contributed by atoms with Crippen molar-refractivity contribution in [1.29, 1.82) is 0 Å². The minimum absolute atomic E-state index is 0.423. The molecule has 1 aromatic heterocycles. The molecule has 2 heterocycles. The fraction of sp³-hybridized carbons (Fsp3) is 0.320. The summed E-state index contributed by atoms with van der Waals surface area (Å²) in [6.45, 7) is 6.41. The van der Waals surface area contributed by atoms with E-state index in [2.05, 4.69) is 35.3 Å². The Kier molecular flexibility index (Phi) is 7.12. The molecule has 1 aliphatic rings. The van der Waals surface area contributed by atoms with Crippen molar-refractivity contribution in [3.05, 3.63) is 70.4 Å². The second-order valence-electron chi connectivity index (χ2n) is 8.07. The predicted octanol–water partition coefficient (Wildman–Crippen LogP) is 4.45.